The number of fused-ring (bicyclic) bond motifs is 1. The van der Waals surface area contributed by atoms with E-state index in [1.807, 2.05) is 0 Å². The van der Waals surface area contributed by atoms with Gasteiger partial charge in [-0.3, -0.25) is 4.79 Å². The molecule has 0 atom stereocenters. The predicted octanol–water partition coefficient (Wildman–Crippen LogP) is 2.67. The molecule has 0 aliphatic rings. The Hall–Kier alpha value is -2.74. The summed E-state index contributed by atoms with van der Waals surface area (Å²) in [7, 11) is -3.32. The highest BCUT2D eigenvalue weighted by Gasteiger charge is 2.17. The molecule has 26 heavy (non-hydrogen) atoms. The summed E-state index contributed by atoms with van der Waals surface area (Å²) in [5, 5.41) is 2.63. The van der Waals surface area contributed by atoms with Gasteiger partial charge in [-0.2, -0.15) is 0 Å². The monoisotopic (exact) mass is 375 g/mol. The van der Waals surface area contributed by atoms with E-state index in [9.17, 15) is 17.6 Å². The fraction of sp³-hybridized carbons (Fsp3) is 0.222. The van der Waals surface area contributed by atoms with Crippen molar-refractivity contribution in [2.24, 2.45) is 0 Å². The van der Waals surface area contributed by atoms with E-state index in [4.69, 9.17) is 0 Å². The number of aromatic nitrogens is 2. The first kappa shape index (κ1) is 18.1. The molecule has 1 aromatic heterocycles. The van der Waals surface area contributed by atoms with Gasteiger partial charge in [-0.05, 0) is 36.8 Å². The molecule has 0 saturated carbocycles. The number of anilines is 1. The number of benzene rings is 2. The lowest BCUT2D eigenvalue weighted by Gasteiger charge is -2.10. The molecule has 1 heterocycles. The summed E-state index contributed by atoms with van der Waals surface area (Å²) in [4.78, 5) is 16.7. The van der Waals surface area contributed by atoms with E-state index < -0.39 is 21.6 Å². The van der Waals surface area contributed by atoms with Gasteiger partial charge in [0, 0.05) is 11.9 Å². The van der Waals surface area contributed by atoms with Gasteiger partial charge in [-0.15, -0.1) is 0 Å². The number of imidazole rings is 1. The van der Waals surface area contributed by atoms with E-state index in [-0.39, 0.29) is 12.3 Å². The van der Waals surface area contributed by atoms with Crippen LogP contribution in [0.5, 0.6) is 0 Å². The number of sulfone groups is 1. The van der Waals surface area contributed by atoms with Crippen LogP contribution in [-0.2, 0) is 26.9 Å². The van der Waals surface area contributed by atoms with E-state index >= 15 is 0 Å². The fourth-order valence-electron chi connectivity index (χ4n) is 2.66. The Balaban J connectivity index is 1.90. The van der Waals surface area contributed by atoms with Gasteiger partial charge in [0.15, 0.2) is 9.84 Å². The van der Waals surface area contributed by atoms with Gasteiger partial charge in [0.05, 0.1) is 11.0 Å². The topological polar surface area (TPSA) is 81.1 Å². The number of amides is 1. The number of rotatable bonds is 5. The van der Waals surface area contributed by atoms with Crippen molar-refractivity contribution >= 4 is 32.5 Å². The maximum atomic E-state index is 13.6. The van der Waals surface area contributed by atoms with Crippen LogP contribution in [0.1, 0.15) is 11.4 Å². The van der Waals surface area contributed by atoms with Crippen LogP contribution in [-0.4, -0.2) is 30.1 Å². The van der Waals surface area contributed by atoms with E-state index in [2.05, 4.69) is 10.3 Å². The minimum atomic E-state index is -3.32. The van der Waals surface area contributed by atoms with Crippen molar-refractivity contribution in [1.82, 2.24) is 9.55 Å². The summed E-state index contributed by atoms with van der Waals surface area (Å²) in [5.41, 5.74) is 2.10. The van der Waals surface area contributed by atoms with Crippen LogP contribution >= 0.6 is 0 Å². The second-order valence-electron chi connectivity index (χ2n) is 6.19. The van der Waals surface area contributed by atoms with Gasteiger partial charge in [-0.25, -0.2) is 17.8 Å². The first-order chi connectivity index (χ1) is 12.2. The average Bonchev–Trinajstić information content (AvgIpc) is 2.86. The molecular weight excluding hydrogens is 357 g/mol. The second-order valence-corrected chi connectivity index (χ2v) is 8.33. The SMILES string of the molecule is Cc1ccc(NC(=O)Cn2c(CS(C)(=O)=O)nc3ccccc32)cc1F. The van der Waals surface area contributed by atoms with Crippen LogP contribution in [0.4, 0.5) is 10.1 Å². The molecule has 1 amide bonds. The molecule has 0 aliphatic heterocycles. The zero-order chi connectivity index (χ0) is 18.9. The number of aryl methyl sites for hydroxylation is 1. The Kier molecular flexibility index (Phi) is 4.78. The molecule has 6 nitrogen and oxygen atoms in total. The highest BCUT2D eigenvalue weighted by atomic mass is 32.2. The van der Waals surface area contributed by atoms with Gasteiger partial charge < -0.3 is 9.88 Å². The maximum absolute atomic E-state index is 13.6. The van der Waals surface area contributed by atoms with Crippen LogP contribution in [0, 0.1) is 12.7 Å². The summed E-state index contributed by atoms with van der Waals surface area (Å²) in [6.45, 7) is 1.51. The van der Waals surface area contributed by atoms with E-state index in [0.29, 0.717) is 28.1 Å². The summed E-state index contributed by atoms with van der Waals surface area (Å²) in [6, 6.07) is 11.5. The summed E-state index contributed by atoms with van der Waals surface area (Å²) >= 11 is 0. The Morgan fingerprint density at radius 3 is 2.65 bits per heavy atom. The van der Waals surface area contributed by atoms with Crippen molar-refractivity contribution in [2.45, 2.75) is 19.2 Å². The van der Waals surface area contributed by atoms with Crippen molar-refractivity contribution in [3.05, 3.63) is 59.7 Å². The average molecular weight is 375 g/mol. The third-order valence-corrected chi connectivity index (χ3v) is 4.66. The summed E-state index contributed by atoms with van der Waals surface area (Å²) < 4.78 is 38.6. The number of hydrogen-bond acceptors (Lipinski definition) is 4. The Labute approximate surface area is 150 Å². The van der Waals surface area contributed by atoms with Crippen molar-refractivity contribution in [1.29, 1.82) is 0 Å². The number of carbonyl (C=O) groups excluding carboxylic acids is 1. The molecule has 8 heteroatoms. The minimum Gasteiger partial charge on any atom is -0.324 e. The number of halogens is 1. The van der Waals surface area contributed by atoms with Gasteiger partial charge in [-0.1, -0.05) is 18.2 Å². The molecule has 0 bridgehead atoms. The smallest absolute Gasteiger partial charge is 0.244 e. The number of carbonyl (C=O) groups is 1. The first-order valence-electron chi connectivity index (χ1n) is 7.91. The number of nitrogens with zero attached hydrogens (tertiary/aromatic N) is 2. The van der Waals surface area contributed by atoms with Crippen molar-refractivity contribution in [3.8, 4) is 0 Å². The molecule has 0 saturated heterocycles. The normalized spacial score (nSPS) is 11.7. The van der Waals surface area contributed by atoms with Crippen LogP contribution < -0.4 is 5.32 Å². The number of nitrogens with one attached hydrogen (secondary N) is 1. The first-order valence-corrected chi connectivity index (χ1v) is 9.97. The molecule has 0 spiro atoms. The fourth-order valence-corrected chi connectivity index (χ4v) is 3.35. The lowest BCUT2D eigenvalue weighted by Crippen LogP contribution is -2.21. The highest BCUT2D eigenvalue weighted by Crippen LogP contribution is 2.19. The number of para-hydroxylation sites is 2. The molecule has 0 radical (unpaired) electrons. The third-order valence-electron chi connectivity index (χ3n) is 3.88. The van der Waals surface area contributed by atoms with Crippen LogP contribution in [0.15, 0.2) is 42.5 Å². The predicted molar refractivity (Wildman–Crippen MR) is 98.0 cm³/mol. The zero-order valence-corrected chi connectivity index (χ0v) is 15.2. The third kappa shape index (κ3) is 4.08. The van der Waals surface area contributed by atoms with Crippen molar-refractivity contribution in [3.63, 3.8) is 0 Å². The van der Waals surface area contributed by atoms with Crippen molar-refractivity contribution in [2.75, 3.05) is 11.6 Å². The van der Waals surface area contributed by atoms with Crippen LogP contribution in [0.2, 0.25) is 0 Å². The summed E-state index contributed by atoms with van der Waals surface area (Å²) in [6.07, 6.45) is 1.12. The lowest BCUT2D eigenvalue weighted by atomic mass is 10.2. The standard InChI is InChI=1S/C18H18FN3O3S/c1-12-7-8-13(9-14(12)19)20-18(23)10-22-16-6-4-3-5-15(16)21-17(22)11-26(2,24)25/h3-9H,10-11H2,1-2H3,(H,20,23). The zero-order valence-electron chi connectivity index (χ0n) is 14.4. The summed E-state index contributed by atoms with van der Waals surface area (Å²) in [5.74, 6) is -0.785. The Bertz CT molecular complexity index is 1090. The van der Waals surface area contributed by atoms with Gasteiger partial charge >= 0.3 is 0 Å². The minimum absolute atomic E-state index is 0.124. The molecular formula is C18H18FN3O3S. The quantitative estimate of drug-likeness (QED) is 0.743. The van der Waals surface area contributed by atoms with Crippen LogP contribution in [0.3, 0.4) is 0 Å². The molecule has 1 N–H and O–H groups in total. The van der Waals surface area contributed by atoms with Gasteiger partial charge in [0.2, 0.25) is 5.91 Å². The Morgan fingerprint density at radius 1 is 1.23 bits per heavy atom. The molecule has 0 aliphatic carbocycles. The lowest BCUT2D eigenvalue weighted by molar-refractivity contribution is -0.116. The molecule has 136 valence electrons. The second kappa shape index (κ2) is 6.87. The van der Waals surface area contributed by atoms with E-state index in [1.165, 1.54) is 6.07 Å². The maximum Gasteiger partial charge on any atom is 0.244 e. The molecule has 3 aromatic rings. The number of hydrogen-bond donors (Lipinski definition) is 1. The molecule has 3 rings (SSSR count). The van der Waals surface area contributed by atoms with Gasteiger partial charge in [0.1, 0.15) is 23.9 Å². The highest BCUT2D eigenvalue weighted by molar-refractivity contribution is 7.89. The van der Waals surface area contributed by atoms with Gasteiger partial charge in [0.25, 0.3) is 0 Å². The Morgan fingerprint density at radius 2 is 1.96 bits per heavy atom. The largest absolute Gasteiger partial charge is 0.324 e. The van der Waals surface area contributed by atoms with Crippen LogP contribution in [0.25, 0.3) is 11.0 Å². The van der Waals surface area contributed by atoms with E-state index in [1.54, 1.807) is 47.9 Å². The molecule has 2 aromatic carbocycles. The van der Waals surface area contributed by atoms with Crippen molar-refractivity contribution < 1.29 is 17.6 Å². The van der Waals surface area contributed by atoms with E-state index in [0.717, 1.165) is 6.26 Å². The molecule has 0 unspecified atom stereocenters. The molecule has 0 fully saturated rings.